The number of hydrogen-bond acceptors (Lipinski definition) is 1. The first-order valence-electron chi connectivity index (χ1n) is 4.85. The van der Waals surface area contributed by atoms with Gasteiger partial charge in [-0.15, -0.1) is 0 Å². The molecular formula is C10H19N2O+. The van der Waals surface area contributed by atoms with Crippen molar-refractivity contribution in [3.05, 3.63) is 18.2 Å². The molecule has 3 nitrogen and oxygen atoms in total. The zero-order valence-corrected chi connectivity index (χ0v) is 8.95. The van der Waals surface area contributed by atoms with E-state index in [2.05, 4.69) is 42.3 Å². The van der Waals surface area contributed by atoms with Crippen LogP contribution in [0, 0.1) is 0 Å². The Morgan fingerprint density at radius 3 is 2.69 bits per heavy atom. The molecule has 1 aromatic rings. The molecule has 0 radical (unpaired) electrons. The van der Waals surface area contributed by atoms with E-state index in [0.717, 1.165) is 13.1 Å². The maximum Gasteiger partial charge on any atom is 0.285 e. The quantitative estimate of drug-likeness (QED) is 0.647. The van der Waals surface area contributed by atoms with E-state index in [1.54, 1.807) is 7.11 Å². The Balaban J connectivity index is 3.04. The van der Waals surface area contributed by atoms with Gasteiger partial charge in [0.25, 0.3) is 5.82 Å². The molecule has 1 unspecified atom stereocenters. The second-order valence-corrected chi connectivity index (χ2v) is 3.11. The largest absolute Gasteiger partial charge is 0.369 e. The molecule has 0 spiro atoms. The fourth-order valence-corrected chi connectivity index (χ4v) is 1.59. The first-order chi connectivity index (χ1) is 6.24. The molecule has 13 heavy (non-hydrogen) atoms. The van der Waals surface area contributed by atoms with Crippen molar-refractivity contribution in [1.29, 1.82) is 0 Å². The van der Waals surface area contributed by atoms with Crippen molar-refractivity contribution in [2.24, 2.45) is 0 Å². The molecule has 3 heteroatoms. The van der Waals surface area contributed by atoms with Crippen molar-refractivity contribution in [3.8, 4) is 0 Å². The van der Waals surface area contributed by atoms with Crippen molar-refractivity contribution in [2.45, 2.75) is 40.0 Å². The molecule has 1 heterocycles. The van der Waals surface area contributed by atoms with E-state index < -0.39 is 0 Å². The van der Waals surface area contributed by atoms with Gasteiger partial charge in [-0.3, -0.25) is 0 Å². The van der Waals surface area contributed by atoms with E-state index in [0.29, 0.717) is 0 Å². The van der Waals surface area contributed by atoms with Gasteiger partial charge in [0.05, 0.1) is 13.1 Å². The number of hydrogen-bond donors (Lipinski definition) is 0. The second kappa shape index (κ2) is 4.42. The van der Waals surface area contributed by atoms with Gasteiger partial charge in [0.2, 0.25) is 0 Å². The predicted molar refractivity (Wildman–Crippen MR) is 51.4 cm³/mol. The molecule has 1 atom stereocenters. The van der Waals surface area contributed by atoms with Gasteiger partial charge in [0, 0.05) is 7.11 Å². The number of methoxy groups -OCH3 is 1. The van der Waals surface area contributed by atoms with Gasteiger partial charge in [-0.05, 0) is 20.8 Å². The van der Waals surface area contributed by atoms with Gasteiger partial charge >= 0.3 is 0 Å². The average molecular weight is 183 g/mol. The van der Waals surface area contributed by atoms with Gasteiger partial charge < -0.3 is 4.74 Å². The average Bonchev–Trinajstić information content (AvgIpc) is 2.59. The predicted octanol–water partition coefficient (Wildman–Crippen LogP) is 1.52. The summed E-state index contributed by atoms with van der Waals surface area (Å²) in [7, 11) is 1.75. The number of rotatable bonds is 4. The molecule has 0 N–H and O–H groups in total. The van der Waals surface area contributed by atoms with Crippen molar-refractivity contribution >= 4 is 0 Å². The highest BCUT2D eigenvalue weighted by Crippen LogP contribution is 2.11. The summed E-state index contributed by atoms with van der Waals surface area (Å²) in [5, 5.41) is 0. The van der Waals surface area contributed by atoms with Crippen LogP contribution in [0.1, 0.15) is 32.7 Å². The molecule has 0 fully saturated rings. The Bertz CT molecular complexity index is 246. The van der Waals surface area contributed by atoms with Crippen LogP contribution >= 0.6 is 0 Å². The lowest BCUT2D eigenvalue weighted by molar-refractivity contribution is -0.704. The molecule has 74 valence electrons. The third-order valence-electron chi connectivity index (χ3n) is 2.41. The fraction of sp³-hybridized carbons (Fsp3) is 0.700. The molecule has 0 saturated carbocycles. The number of nitrogens with zero attached hydrogens (tertiary/aromatic N) is 2. The Kier molecular flexibility index (Phi) is 3.48. The van der Waals surface area contributed by atoms with Crippen molar-refractivity contribution < 1.29 is 9.30 Å². The van der Waals surface area contributed by atoms with Crippen LogP contribution in [0.4, 0.5) is 0 Å². The van der Waals surface area contributed by atoms with Crippen LogP contribution in [0.2, 0.25) is 0 Å². The minimum atomic E-state index is 0.162. The summed E-state index contributed by atoms with van der Waals surface area (Å²) in [4.78, 5) is 0. The number of imidazole rings is 1. The standard InChI is InChI=1S/C10H19N2O/c1-5-11-7-8-12(6-2)10(11)9(3)13-4/h7-9H,5-6H2,1-4H3/q+1. The van der Waals surface area contributed by atoms with Gasteiger partial charge in [0.15, 0.2) is 6.10 Å². The summed E-state index contributed by atoms with van der Waals surface area (Å²) >= 11 is 0. The molecule has 0 aromatic carbocycles. The molecule has 0 saturated heterocycles. The lowest BCUT2D eigenvalue weighted by Gasteiger charge is -2.08. The van der Waals surface area contributed by atoms with Gasteiger partial charge in [-0.25, -0.2) is 9.13 Å². The van der Waals surface area contributed by atoms with Crippen LogP contribution in [-0.2, 0) is 17.8 Å². The summed E-state index contributed by atoms with van der Waals surface area (Å²) in [6, 6.07) is 0. The third-order valence-corrected chi connectivity index (χ3v) is 2.41. The highest BCUT2D eigenvalue weighted by Gasteiger charge is 2.21. The van der Waals surface area contributed by atoms with Crippen LogP contribution < -0.4 is 4.57 Å². The van der Waals surface area contributed by atoms with Crippen molar-refractivity contribution in [2.75, 3.05) is 7.11 Å². The maximum atomic E-state index is 5.34. The van der Waals surface area contributed by atoms with Crippen LogP contribution in [0.15, 0.2) is 12.4 Å². The number of ether oxygens (including phenoxy) is 1. The van der Waals surface area contributed by atoms with Gasteiger partial charge in [-0.2, -0.15) is 0 Å². The normalized spacial score (nSPS) is 13.2. The topological polar surface area (TPSA) is 18.0 Å². The zero-order chi connectivity index (χ0) is 9.84. The highest BCUT2D eigenvalue weighted by atomic mass is 16.5. The SMILES string of the molecule is CCn1cc[n+](CC)c1C(C)OC. The summed E-state index contributed by atoms with van der Waals surface area (Å²) in [5.41, 5.74) is 0. The third kappa shape index (κ3) is 1.91. The van der Waals surface area contributed by atoms with Gasteiger partial charge in [-0.1, -0.05) is 0 Å². The summed E-state index contributed by atoms with van der Waals surface area (Å²) in [5.74, 6) is 1.24. The number of aromatic nitrogens is 2. The molecule has 0 bridgehead atoms. The minimum Gasteiger partial charge on any atom is -0.369 e. The van der Waals surface area contributed by atoms with E-state index in [-0.39, 0.29) is 6.10 Å². The first-order valence-corrected chi connectivity index (χ1v) is 4.85. The summed E-state index contributed by atoms with van der Waals surface area (Å²) < 4.78 is 9.78. The Hall–Kier alpha value is -0.830. The van der Waals surface area contributed by atoms with E-state index in [4.69, 9.17) is 4.74 Å². The molecule has 0 amide bonds. The Morgan fingerprint density at radius 1 is 1.54 bits per heavy atom. The van der Waals surface area contributed by atoms with E-state index in [9.17, 15) is 0 Å². The minimum absolute atomic E-state index is 0.162. The van der Waals surface area contributed by atoms with E-state index in [1.807, 2.05) is 0 Å². The maximum absolute atomic E-state index is 5.34. The van der Waals surface area contributed by atoms with Crippen molar-refractivity contribution in [1.82, 2.24) is 4.57 Å². The molecule has 0 aliphatic heterocycles. The molecule has 0 aliphatic carbocycles. The first kappa shape index (κ1) is 10.3. The molecule has 1 aromatic heterocycles. The van der Waals surface area contributed by atoms with Crippen LogP contribution in [-0.4, -0.2) is 11.7 Å². The van der Waals surface area contributed by atoms with Crippen LogP contribution in [0.5, 0.6) is 0 Å². The molecular weight excluding hydrogens is 164 g/mol. The van der Waals surface area contributed by atoms with Crippen molar-refractivity contribution in [3.63, 3.8) is 0 Å². The van der Waals surface area contributed by atoms with Crippen LogP contribution in [0.3, 0.4) is 0 Å². The lowest BCUT2D eigenvalue weighted by Crippen LogP contribution is -2.37. The monoisotopic (exact) mass is 183 g/mol. The zero-order valence-electron chi connectivity index (χ0n) is 8.95. The molecule has 0 aliphatic rings. The fourth-order valence-electron chi connectivity index (χ4n) is 1.59. The Labute approximate surface area is 79.9 Å². The summed E-state index contributed by atoms with van der Waals surface area (Å²) in [6.45, 7) is 8.36. The van der Waals surface area contributed by atoms with Crippen LogP contribution in [0.25, 0.3) is 0 Å². The lowest BCUT2D eigenvalue weighted by atomic mass is 10.3. The molecule has 1 rings (SSSR count). The number of aryl methyl sites for hydroxylation is 2. The summed E-state index contributed by atoms with van der Waals surface area (Å²) in [6.07, 6.45) is 4.37. The Morgan fingerprint density at radius 2 is 2.23 bits per heavy atom. The van der Waals surface area contributed by atoms with Gasteiger partial charge in [0.1, 0.15) is 12.4 Å². The van der Waals surface area contributed by atoms with E-state index >= 15 is 0 Å². The highest BCUT2D eigenvalue weighted by molar-refractivity contribution is 4.87. The second-order valence-electron chi connectivity index (χ2n) is 3.11. The smallest absolute Gasteiger partial charge is 0.285 e. The van der Waals surface area contributed by atoms with E-state index in [1.165, 1.54) is 5.82 Å².